The summed E-state index contributed by atoms with van der Waals surface area (Å²) in [6.07, 6.45) is 0.379. The second kappa shape index (κ2) is 4.85. The number of nitrogens with zero attached hydrogens (tertiary/aromatic N) is 1. The Hall–Kier alpha value is -1.80. The van der Waals surface area contributed by atoms with Crippen molar-refractivity contribution in [1.82, 2.24) is 4.31 Å². The lowest BCUT2D eigenvalue weighted by Gasteiger charge is -2.18. The van der Waals surface area contributed by atoms with E-state index in [1.165, 1.54) is 25.6 Å². The number of rotatable bonds is 4. The predicted molar refractivity (Wildman–Crippen MR) is 80.6 cm³/mol. The van der Waals surface area contributed by atoms with Crippen molar-refractivity contribution in [2.45, 2.75) is 11.2 Å². The van der Waals surface area contributed by atoms with Gasteiger partial charge in [-0.25, -0.2) is 12.7 Å². The summed E-state index contributed by atoms with van der Waals surface area (Å²) in [5.74, 6) is 0.382. The van der Waals surface area contributed by atoms with Gasteiger partial charge in [-0.15, -0.1) is 0 Å². The van der Waals surface area contributed by atoms with Crippen molar-refractivity contribution in [1.29, 1.82) is 0 Å². The van der Waals surface area contributed by atoms with Gasteiger partial charge < -0.3 is 14.8 Å². The Morgan fingerprint density at radius 2 is 2.09 bits per heavy atom. The Morgan fingerprint density at radius 3 is 2.64 bits per heavy atom. The molecule has 22 heavy (non-hydrogen) atoms. The number of ether oxygens (including phenoxy) is 2. The van der Waals surface area contributed by atoms with Crippen LogP contribution in [0, 0.1) is 5.92 Å². The largest absolute Gasteiger partial charge is 0.497 e. The van der Waals surface area contributed by atoms with Crippen molar-refractivity contribution in [3.63, 3.8) is 0 Å². The second-order valence-corrected chi connectivity index (χ2v) is 7.90. The highest BCUT2D eigenvalue weighted by Gasteiger charge is 2.74. The fraction of sp³-hybridized carbons (Fsp3) is 0.500. The molecule has 3 rings (SSSR count). The SMILES string of the molecule is COc1ccc(NC(=O)[C@]23C[C@H]2CN(C)S3(=O)=O)c(OC)c1. The van der Waals surface area contributed by atoms with Crippen LogP contribution in [0.4, 0.5) is 5.69 Å². The number of carbonyl (C=O) groups excluding carboxylic acids is 1. The number of sulfonamides is 1. The Labute approximate surface area is 129 Å². The summed E-state index contributed by atoms with van der Waals surface area (Å²) < 4.78 is 35.0. The van der Waals surface area contributed by atoms with E-state index >= 15 is 0 Å². The summed E-state index contributed by atoms with van der Waals surface area (Å²) in [5.41, 5.74) is 0.429. The monoisotopic (exact) mass is 326 g/mol. The zero-order chi connectivity index (χ0) is 16.1. The Bertz CT molecular complexity index is 733. The first kappa shape index (κ1) is 15.1. The van der Waals surface area contributed by atoms with E-state index in [1.807, 2.05) is 0 Å². The molecule has 2 fully saturated rings. The second-order valence-electron chi connectivity index (χ2n) is 5.60. The van der Waals surface area contributed by atoms with Crippen LogP contribution in [0.1, 0.15) is 6.42 Å². The highest BCUT2D eigenvalue weighted by molar-refractivity contribution is 7.92. The number of hydrogen-bond donors (Lipinski definition) is 1. The maximum atomic E-state index is 12.6. The molecule has 0 radical (unpaired) electrons. The lowest BCUT2D eigenvalue weighted by Crippen LogP contribution is -2.40. The predicted octanol–water partition coefficient (Wildman–Crippen LogP) is 0.676. The van der Waals surface area contributed by atoms with Gasteiger partial charge in [-0.2, -0.15) is 0 Å². The Morgan fingerprint density at radius 1 is 1.36 bits per heavy atom. The molecule has 0 unspecified atom stereocenters. The van der Waals surface area contributed by atoms with Crippen LogP contribution in [0.5, 0.6) is 11.5 Å². The lowest BCUT2D eigenvalue weighted by molar-refractivity contribution is -0.116. The van der Waals surface area contributed by atoms with Crippen LogP contribution in [0.2, 0.25) is 0 Å². The summed E-state index contributed by atoms with van der Waals surface area (Å²) in [7, 11) is 0.922. The van der Waals surface area contributed by atoms with Crippen molar-refractivity contribution in [2.75, 3.05) is 33.1 Å². The van der Waals surface area contributed by atoms with Gasteiger partial charge in [0.25, 0.3) is 0 Å². The third-order valence-corrected chi connectivity index (χ3v) is 7.01. The quantitative estimate of drug-likeness (QED) is 0.879. The summed E-state index contributed by atoms with van der Waals surface area (Å²) in [4.78, 5) is 12.6. The van der Waals surface area contributed by atoms with E-state index in [4.69, 9.17) is 9.47 Å². The lowest BCUT2D eigenvalue weighted by atomic mass is 10.2. The highest BCUT2D eigenvalue weighted by atomic mass is 32.2. The molecular formula is C14H18N2O5S. The smallest absolute Gasteiger partial charge is 0.247 e. The van der Waals surface area contributed by atoms with Crippen molar-refractivity contribution >= 4 is 21.6 Å². The average Bonchev–Trinajstić information content (AvgIpc) is 3.18. The van der Waals surface area contributed by atoms with Gasteiger partial charge >= 0.3 is 0 Å². The number of carbonyl (C=O) groups is 1. The minimum Gasteiger partial charge on any atom is -0.497 e. The fourth-order valence-electron chi connectivity index (χ4n) is 3.05. The van der Waals surface area contributed by atoms with Gasteiger partial charge in [0.05, 0.1) is 19.9 Å². The topological polar surface area (TPSA) is 84.9 Å². The standard InChI is InChI=1S/C14H18N2O5S/c1-16-8-9-7-14(9,22(16,18)19)13(17)15-11-5-4-10(20-2)6-12(11)21-3/h4-6,9H,7-8H2,1-3H3,(H,15,17)/t9-,14-/m0/s1. The number of methoxy groups -OCH3 is 2. The van der Waals surface area contributed by atoms with Gasteiger partial charge in [-0.1, -0.05) is 0 Å². The molecule has 1 heterocycles. The fourth-order valence-corrected chi connectivity index (χ4v) is 5.17. The number of hydrogen-bond acceptors (Lipinski definition) is 5. The maximum Gasteiger partial charge on any atom is 0.247 e. The van der Waals surface area contributed by atoms with Crippen molar-refractivity contribution in [3.8, 4) is 11.5 Å². The molecule has 8 heteroatoms. The van der Waals surface area contributed by atoms with Crippen molar-refractivity contribution in [3.05, 3.63) is 18.2 Å². The molecule has 1 saturated heterocycles. The number of fused-ring (bicyclic) bond motifs is 1. The van der Waals surface area contributed by atoms with Crippen LogP contribution >= 0.6 is 0 Å². The highest BCUT2D eigenvalue weighted by Crippen LogP contribution is 2.57. The normalized spacial score (nSPS) is 28.8. The van der Waals surface area contributed by atoms with Crippen LogP contribution in [0.3, 0.4) is 0 Å². The summed E-state index contributed by atoms with van der Waals surface area (Å²) in [5, 5.41) is 2.69. The first-order valence-electron chi connectivity index (χ1n) is 6.86. The molecule has 120 valence electrons. The first-order chi connectivity index (χ1) is 10.4. The average molecular weight is 326 g/mol. The van der Waals surface area contributed by atoms with E-state index < -0.39 is 20.7 Å². The van der Waals surface area contributed by atoms with Gasteiger partial charge in [0.1, 0.15) is 11.5 Å². The molecule has 1 N–H and O–H groups in total. The number of anilines is 1. The van der Waals surface area contributed by atoms with Crippen LogP contribution in [-0.4, -0.2) is 51.2 Å². The summed E-state index contributed by atoms with van der Waals surface area (Å²) in [6, 6.07) is 4.94. The van der Waals surface area contributed by atoms with E-state index in [2.05, 4.69) is 5.32 Å². The number of nitrogens with one attached hydrogen (secondary N) is 1. The third kappa shape index (κ3) is 1.90. The molecule has 0 spiro atoms. The molecule has 0 aromatic heterocycles. The molecule has 1 amide bonds. The van der Waals surface area contributed by atoms with Gasteiger partial charge in [-0.3, -0.25) is 4.79 Å². The van der Waals surface area contributed by atoms with Crippen LogP contribution in [-0.2, 0) is 14.8 Å². The van der Waals surface area contributed by atoms with Crippen LogP contribution in [0.15, 0.2) is 18.2 Å². The first-order valence-corrected chi connectivity index (χ1v) is 8.30. The van der Waals surface area contributed by atoms with Gasteiger partial charge in [0, 0.05) is 25.6 Å². The van der Waals surface area contributed by atoms with Gasteiger partial charge in [0.15, 0.2) is 4.75 Å². The van der Waals surface area contributed by atoms with E-state index in [-0.39, 0.29) is 5.92 Å². The minimum atomic E-state index is -3.59. The van der Waals surface area contributed by atoms with E-state index in [9.17, 15) is 13.2 Å². The zero-order valence-corrected chi connectivity index (χ0v) is 13.4. The molecule has 7 nitrogen and oxygen atoms in total. The molecule has 1 saturated carbocycles. The molecule has 2 aliphatic rings. The van der Waals surface area contributed by atoms with E-state index in [0.29, 0.717) is 30.2 Å². The molecule has 1 aliphatic carbocycles. The third-order valence-electron chi connectivity index (χ3n) is 4.44. The maximum absolute atomic E-state index is 12.6. The molecule has 0 bridgehead atoms. The Kier molecular flexibility index (Phi) is 3.33. The zero-order valence-electron chi connectivity index (χ0n) is 12.6. The summed E-state index contributed by atoms with van der Waals surface area (Å²) >= 11 is 0. The van der Waals surface area contributed by atoms with Crippen molar-refractivity contribution < 1.29 is 22.7 Å². The molecule has 1 aromatic rings. The van der Waals surface area contributed by atoms with E-state index in [0.717, 1.165) is 0 Å². The number of amides is 1. The molecule has 1 aromatic carbocycles. The van der Waals surface area contributed by atoms with Gasteiger partial charge in [0.2, 0.25) is 15.9 Å². The Balaban J connectivity index is 1.88. The molecule has 2 atom stereocenters. The minimum absolute atomic E-state index is 0.133. The van der Waals surface area contributed by atoms with Crippen LogP contribution < -0.4 is 14.8 Å². The summed E-state index contributed by atoms with van der Waals surface area (Å²) in [6.45, 7) is 0.398. The van der Waals surface area contributed by atoms with Crippen LogP contribution in [0.25, 0.3) is 0 Å². The van der Waals surface area contributed by atoms with Crippen molar-refractivity contribution in [2.24, 2.45) is 5.92 Å². The van der Waals surface area contributed by atoms with E-state index in [1.54, 1.807) is 18.2 Å². The molecular weight excluding hydrogens is 308 g/mol. The van der Waals surface area contributed by atoms with Gasteiger partial charge in [-0.05, 0) is 18.6 Å². The number of benzene rings is 1. The molecule has 1 aliphatic heterocycles.